The first-order valence-electron chi connectivity index (χ1n) is 8.65. The maximum atomic E-state index is 13.4. The van der Waals surface area contributed by atoms with E-state index in [1.807, 2.05) is 18.2 Å². The Morgan fingerprint density at radius 3 is 2.79 bits per heavy atom. The summed E-state index contributed by atoms with van der Waals surface area (Å²) in [6.45, 7) is 0.235. The number of methoxy groups -OCH3 is 1. The second kappa shape index (κ2) is 7.30. The van der Waals surface area contributed by atoms with Gasteiger partial charge in [0.2, 0.25) is 5.91 Å². The smallest absolute Gasteiger partial charge is 0.232 e. The van der Waals surface area contributed by atoms with Crippen molar-refractivity contribution in [1.29, 1.82) is 0 Å². The summed E-state index contributed by atoms with van der Waals surface area (Å²) in [5.74, 6) is -0.431. The summed E-state index contributed by atoms with van der Waals surface area (Å²) in [7, 11) is 1.57. The molecule has 0 fully saturated rings. The average Bonchev–Trinajstić information content (AvgIpc) is 3.15. The van der Waals surface area contributed by atoms with E-state index in [2.05, 4.69) is 15.5 Å². The molecule has 0 aliphatic carbocycles. The molecule has 4 rings (SSSR count). The quantitative estimate of drug-likeness (QED) is 0.720. The van der Waals surface area contributed by atoms with Gasteiger partial charge in [0.05, 0.1) is 18.7 Å². The van der Waals surface area contributed by atoms with Crippen LogP contribution in [0, 0.1) is 17.6 Å². The number of anilines is 1. The number of fused-ring (bicyclic) bond motifs is 1. The number of carbonyl (C=O) groups is 1. The minimum absolute atomic E-state index is 0.235. The van der Waals surface area contributed by atoms with Gasteiger partial charge in [-0.3, -0.25) is 9.89 Å². The van der Waals surface area contributed by atoms with Crippen LogP contribution in [0.1, 0.15) is 5.56 Å². The fourth-order valence-electron chi connectivity index (χ4n) is 3.21. The van der Waals surface area contributed by atoms with Crippen molar-refractivity contribution in [3.05, 3.63) is 59.7 Å². The van der Waals surface area contributed by atoms with E-state index in [1.165, 1.54) is 18.2 Å². The second-order valence-electron chi connectivity index (χ2n) is 6.46. The normalized spacial score (nSPS) is 15.5. The van der Waals surface area contributed by atoms with Gasteiger partial charge in [0, 0.05) is 23.3 Å². The monoisotopic (exact) mass is 385 g/mol. The number of hydrogen-bond donors (Lipinski definition) is 2. The van der Waals surface area contributed by atoms with E-state index < -0.39 is 17.6 Å². The highest BCUT2D eigenvalue weighted by Gasteiger charge is 2.28. The van der Waals surface area contributed by atoms with Crippen LogP contribution < -0.4 is 14.8 Å². The highest BCUT2D eigenvalue weighted by Crippen LogP contribution is 2.34. The maximum absolute atomic E-state index is 13.4. The Bertz CT molecular complexity index is 1000. The maximum Gasteiger partial charge on any atom is 0.232 e. The third-order valence-corrected chi connectivity index (χ3v) is 4.57. The fourth-order valence-corrected chi connectivity index (χ4v) is 3.21. The number of aromatic nitrogens is 2. The summed E-state index contributed by atoms with van der Waals surface area (Å²) in [4.78, 5) is 12.6. The van der Waals surface area contributed by atoms with Crippen LogP contribution in [0.3, 0.4) is 0 Å². The number of hydrogen-bond acceptors (Lipinski definition) is 4. The van der Waals surface area contributed by atoms with Crippen molar-refractivity contribution >= 4 is 11.7 Å². The molecular formula is C20H17F2N3O3. The van der Waals surface area contributed by atoms with E-state index in [0.29, 0.717) is 29.2 Å². The van der Waals surface area contributed by atoms with Crippen LogP contribution in [0.5, 0.6) is 11.5 Å². The number of benzene rings is 2. The molecule has 1 aliphatic rings. The minimum Gasteiger partial charge on any atom is -0.496 e. The van der Waals surface area contributed by atoms with Crippen LogP contribution in [0.25, 0.3) is 11.3 Å². The molecule has 0 spiro atoms. The molecule has 0 bridgehead atoms. The first kappa shape index (κ1) is 18.0. The van der Waals surface area contributed by atoms with Crippen LogP contribution in [0.15, 0.2) is 42.5 Å². The molecule has 1 aliphatic heterocycles. The molecule has 6 nitrogen and oxygen atoms in total. The summed E-state index contributed by atoms with van der Waals surface area (Å²) in [6, 6.07) is 10.2. The number of amides is 1. The number of rotatable bonds is 4. The summed E-state index contributed by atoms with van der Waals surface area (Å²) >= 11 is 0. The zero-order valence-corrected chi connectivity index (χ0v) is 15.0. The predicted octanol–water partition coefficient (Wildman–Crippen LogP) is 3.55. The number of ether oxygens (including phenoxy) is 2. The molecule has 0 saturated carbocycles. The van der Waals surface area contributed by atoms with E-state index >= 15 is 0 Å². The SMILES string of the molecule is COc1cccc2c1CC(C(=O)Nc1cc(-c3cc(F)cc(F)c3)[nH]n1)CO2. The van der Waals surface area contributed by atoms with Gasteiger partial charge in [0.1, 0.15) is 29.7 Å². The van der Waals surface area contributed by atoms with Crippen LogP contribution >= 0.6 is 0 Å². The Balaban J connectivity index is 1.48. The molecule has 0 radical (unpaired) electrons. The first-order valence-corrected chi connectivity index (χ1v) is 8.65. The lowest BCUT2D eigenvalue weighted by Crippen LogP contribution is -2.32. The van der Waals surface area contributed by atoms with Crippen molar-refractivity contribution in [3.8, 4) is 22.8 Å². The van der Waals surface area contributed by atoms with Crippen LogP contribution in [0.4, 0.5) is 14.6 Å². The lowest BCUT2D eigenvalue weighted by molar-refractivity contribution is -0.121. The van der Waals surface area contributed by atoms with Crippen molar-refractivity contribution in [2.75, 3.05) is 19.0 Å². The molecule has 2 aromatic carbocycles. The molecule has 2 heterocycles. The number of nitrogens with zero attached hydrogens (tertiary/aromatic N) is 1. The van der Waals surface area contributed by atoms with Crippen molar-refractivity contribution in [2.24, 2.45) is 5.92 Å². The van der Waals surface area contributed by atoms with Crippen molar-refractivity contribution in [2.45, 2.75) is 6.42 Å². The van der Waals surface area contributed by atoms with E-state index in [0.717, 1.165) is 11.6 Å². The largest absolute Gasteiger partial charge is 0.496 e. The molecule has 144 valence electrons. The van der Waals surface area contributed by atoms with Crippen LogP contribution in [-0.2, 0) is 11.2 Å². The number of halogens is 2. The number of carbonyl (C=O) groups excluding carboxylic acids is 1. The summed E-state index contributed by atoms with van der Waals surface area (Å²) < 4.78 is 37.8. The molecule has 1 amide bonds. The Morgan fingerprint density at radius 1 is 1.25 bits per heavy atom. The van der Waals surface area contributed by atoms with E-state index in [-0.39, 0.29) is 18.3 Å². The number of nitrogens with one attached hydrogen (secondary N) is 2. The van der Waals surface area contributed by atoms with Gasteiger partial charge in [0.25, 0.3) is 0 Å². The first-order chi connectivity index (χ1) is 13.5. The topological polar surface area (TPSA) is 76.2 Å². The molecule has 8 heteroatoms. The molecule has 1 unspecified atom stereocenters. The summed E-state index contributed by atoms with van der Waals surface area (Å²) in [5, 5.41) is 9.38. The Hall–Kier alpha value is -3.42. The molecule has 28 heavy (non-hydrogen) atoms. The van der Waals surface area contributed by atoms with Gasteiger partial charge in [-0.25, -0.2) is 8.78 Å². The van der Waals surface area contributed by atoms with Gasteiger partial charge in [-0.1, -0.05) is 6.07 Å². The molecule has 1 aromatic heterocycles. The second-order valence-corrected chi connectivity index (χ2v) is 6.46. The van der Waals surface area contributed by atoms with Gasteiger partial charge in [-0.05, 0) is 30.7 Å². The van der Waals surface area contributed by atoms with Crippen molar-refractivity contribution in [3.63, 3.8) is 0 Å². The van der Waals surface area contributed by atoms with Crippen LogP contribution in [-0.4, -0.2) is 29.8 Å². The zero-order chi connectivity index (χ0) is 19.7. The fraction of sp³-hybridized carbons (Fsp3) is 0.200. The minimum atomic E-state index is -0.692. The van der Waals surface area contributed by atoms with E-state index in [1.54, 1.807) is 7.11 Å². The Labute approximate surface area is 159 Å². The molecule has 0 saturated heterocycles. The summed E-state index contributed by atoms with van der Waals surface area (Å²) in [6.07, 6.45) is 0.470. The lowest BCUT2D eigenvalue weighted by Gasteiger charge is -2.25. The zero-order valence-electron chi connectivity index (χ0n) is 15.0. The van der Waals surface area contributed by atoms with E-state index in [4.69, 9.17) is 9.47 Å². The van der Waals surface area contributed by atoms with Gasteiger partial charge < -0.3 is 14.8 Å². The Kier molecular flexibility index (Phi) is 4.68. The average molecular weight is 385 g/mol. The standard InChI is InChI=1S/C20H17F2N3O3/c1-27-17-3-2-4-18-15(17)7-12(10-28-18)20(26)23-19-9-16(24-25-19)11-5-13(21)8-14(22)6-11/h2-6,8-9,12H,7,10H2,1H3,(H2,23,24,25,26). The number of aromatic amines is 1. The van der Waals surface area contributed by atoms with Crippen LogP contribution in [0.2, 0.25) is 0 Å². The highest BCUT2D eigenvalue weighted by molar-refractivity contribution is 5.92. The van der Waals surface area contributed by atoms with Gasteiger partial charge >= 0.3 is 0 Å². The lowest BCUT2D eigenvalue weighted by atomic mass is 9.95. The number of H-pyrrole nitrogens is 1. The van der Waals surface area contributed by atoms with E-state index in [9.17, 15) is 13.6 Å². The van der Waals surface area contributed by atoms with Crippen molar-refractivity contribution in [1.82, 2.24) is 10.2 Å². The Morgan fingerprint density at radius 2 is 2.04 bits per heavy atom. The highest BCUT2D eigenvalue weighted by atomic mass is 19.1. The van der Waals surface area contributed by atoms with Gasteiger partial charge in [0.15, 0.2) is 5.82 Å². The molecular weight excluding hydrogens is 368 g/mol. The van der Waals surface area contributed by atoms with Gasteiger partial charge in [-0.15, -0.1) is 0 Å². The predicted molar refractivity (Wildman–Crippen MR) is 98.3 cm³/mol. The summed E-state index contributed by atoms with van der Waals surface area (Å²) in [5.41, 5.74) is 1.53. The van der Waals surface area contributed by atoms with Gasteiger partial charge in [-0.2, -0.15) is 5.10 Å². The molecule has 1 atom stereocenters. The van der Waals surface area contributed by atoms with Crippen molar-refractivity contribution < 1.29 is 23.0 Å². The molecule has 3 aromatic rings. The third-order valence-electron chi connectivity index (χ3n) is 4.57. The third kappa shape index (κ3) is 3.53. The molecule has 2 N–H and O–H groups in total.